The zero-order valence-corrected chi connectivity index (χ0v) is 18.4. The van der Waals surface area contributed by atoms with Gasteiger partial charge >= 0.3 is 0 Å². The molecule has 0 radical (unpaired) electrons. The van der Waals surface area contributed by atoms with Crippen molar-refractivity contribution in [2.24, 2.45) is 0 Å². The van der Waals surface area contributed by atoms with E-state index in [0.29, 0.717) is 12.5 Å². The summed E-state index contributed by atoms with van der Waals surface area (Å²) < 4.78 is 5.92. The summed E-state index contributed by atoms with van der Waals surface area (Å²) in [7, 11) is 4.25. The van der Waals surface area contributed by atoms with Gasteiger partial charge in [0.15, 0.2) is 0 Å². The minimum atomic E-state index is 0.113. The third-order valence-corrected chi connectivity index (χ3v) is 5.33. The molecule has 0 bridgehead atoms. The van der Waals surface area contributed by atoms with Gasteiger partial charge in [-0.25, -0.2) is 0 Å². The third kappa shape index (κ3) is 6.26. The molecule has 0 aromatic heterocycles. The van der Waals surface area contributed by atoms with E-state index in [1.54, 1.807) is 0 Å². The zero-order chi connectivity index (χ0) is 20.0. The molecule has 1 unspecified atom stereocenters. The van der Waals surface area contributed by atoms with Crippen molar-refractivity contribution in [2.45, 2.75) is 51.9 Å². The predicted octanol–water partition coefficient (Wildman–Crippen LogP) is 6.31. The SMILES string of the molecule is CCOc1ccccc1C(CCN(C)C)Cc1cc(C(C)(C)C)ccc1Cl. The van der Waals surface area contributed by atoms with Gasteiger partial charge in [0.2, 0.25) is 0 Å². The Morgan fingerprint density at radius 1 is 1.07 bits per heavy atom. The van der Waals surface area contributed by atoms with E-state index in [2.05, 4.69) is 76.2 Å². The third-order valence-electron chi connectivity index (χ3n) is 4.96. The molecule has 0 heterocycles. The van der Waals surface area contributed by atoms with Crippen LogP contribution in [0.5, 0.6) is 5.75 Å². The van der Waals surface area contributed by atoms with Crippen LogP contribution < -0.4 is 4.74 Å². The second-order valence-corrected chi connectivity index (χ2v) is 8.93. The summed E-state index contributed by atoms with van der Waals surface area (Å²) in [6.07, 6.45) is 1.98. The van der Waals surface area contributed by atoms with Crippen molar-refractivity contribution in [2.75, 3.05) is 27.2 Å². The smallest absolute Gasteiger partial charge is 0.122 e. The van der Waals surface area contributed by atoms with E-state index in [1.165, 1.54) is 16.7 Å². The first-order valence-electron chi connectivity index (χ1n) is 9.87. The normalized spacial score (nSPS) is 13.0. The van der Waals surface area contributed by atoms with Crippen LogP contribution in [0, 0.1) is 0 Å². The Hall–Kier alpha value is -1.51. The van der Waals surface area contributed by atoms with Crippen LogP contribution >= 0.6 is 11.6 Å². The minimum absolute atomic E-state index is 0.113. The molecule has 3 heteroatoms. The van der Waals surface area contributed by atoms with Crippen molar-refractivity contribution >= 4 is 11.6 Å². The van der Waals surface area contributed by atoms with Crippen molar-refractivity contribution in [3.63, 3.8) is 0 Å². The Balaban J connectivity index is 2.39. The van der Waals surface area contributed by atoms with Gasteiger partial charge in [0.25, 0.3) is 0 Å². The fourth-order valence-electron chi connectivity index (χ4n) is 3.35. The topological polar surface area (TPSA) is 12.5 Å². The van der Waals surface area contributed by atoms with E-state index in [-0.39, 0.29) is 5.41 Å². The van der Waals surface area contributed by atoms with Crippen molar-refractivity contribution in [1.82, 2.24) is 4.90 Å². The lowest BCUT2D eigenvalue weighted by atomic mass is 9.83. The standard InChI is InChI=1S/C24H34ClNO/c1-7-27-23-11-9-8-10-21(23)18(14-15-26(5)6)16-19-17-20(24(2,3)4)12-13-22(19)25/h8-13,17-18H,7,14-16H2,1-6H3. The number of halogens is 1. The lowest BCUT2D eigenvalue weighted by Gasteiger charge is -2.25. The molecule has 27 heavy (non-hydrogen) atoms. The quantitative estimate of drug-likeness (QED) is 0.525. The maximum absolute atomic E-state index is 6.60. The van der Waals surface area contributed by atoms with Gasteiger partial charge in [0, 0.05) is 5.02 Å². The monoisotopic (exact) mass is 387 g/mol. The minimum Gasteiger partial charge on any atom is -0.494 e. The second-order valence-electron chi connectivity index (χ2n) is 8.52. The molecule has 0 spiro atoms. The lowest BCUT2D eigenvalue weighted by Crippen LogP contribution is -2.18. The van der Waals surface area contributed by atoms with Crippen LogP contribution in [0.15, 0.2) is 42.5 Å². The summed E-state index contributed by atoms with van der Waals surface area (Å²) in [6, 6.07) is 14.9. The van der Waals surface area contributed by atoms with Crippen molar-refractivity contribution in [1.29, 1.82) is 0 Å². The molecule has 2 aromatic carbocycles. The Labute approximate surface area is 170 Å². The first-order valence-corrected chi connectivity index (χ1v) is 10.3. The van der Waals surface area contributed by atoms with Gasteiger partial charge in [-0.3, -0.25) is 0 Å². The van der Waals surface area contributed by atoms with Crippen LogP contribution in [0.25, 0.3) is 0 Å². The first-order chi connectivity index (χ1) is 12.7. The van der Waals surface area contributed by atoms with E-state index in [4.69, 9.17) is 16.3 Å². The highest BCUT2D eigenvalue weighted by Crippen LogP contribution is 2.35. The maximum Gasteiger partial charge on any atom is 0.122 e. The average Bonchev–Trinajstić information content (AvgIpc) is 2.60. The number of hydrogen-bond donors (Lipinski definition) is 0. The van der Waals surface area contributed by atoms with Crippen LogP contribution in [-0.2, 0) is 11.8 Å². The number of nitrogens with zero attached hydrogens (tertiary/aromatic N) is 1. The lowest BCUT2D eigenvalue weighted by molar-refractivity contribution is 0.328. The van der Waals surface area contributed by atoms with Crippen molar-refractivity contribution in [3.05, 3.63) is 64.2 Å². The van der Waals surface area contributed by atoms with Gasteiger partial charge in [-0.15, -0.1) is 0 Å². The summed E-state index contributed by atoms with van der Waals surface area (Å²) >= 11 is 6.60. The molecule has 0 N–H and O–H groups in total. The van der Waals surface area contributed by atoms with E-state index in [1.807, 2.05) is 13.0 Å². The number of rotatable bonds is 8. The van der Waals surface area contributed by atoms with Crippen LogP contribution in [0.2, 0.25) is 5.02 Å². The second kappa shape index (κ2) is 9.61. The summed E-state index contributed by atoms with van der Waals surface area (Å²) in [6.45, 7) is 10.5. The number of benzene rings is 2. The molecule has 2 nitrogen and oxygen atoms in total. The molecule has 0 saturated carbocycles. The molecule has 148 valence electrons. The van der Waals surface area contributed by atoms with Crippen molar-refractivity contribution in [3.8, 4) is 5.75 Å². The molecule has 1 atom stereocenters. The van der Waals surface area contributed by atoms with Gasteiger partial charge < -0.3 is 9.64 Å². The van der Waals surface area contributed by atoms with E-state index in [9.17, 15) is 0 Å². The molecule has 0 amide bonds. The molecular formula is C24H34ClNO. The zero-order valence-electron chi connectivity index (χ0n) is 17.7. The van der Waals surface area contributed by atoms with Crippen LogP contribution in [0.1, 0.15) is 56.7 Å². The molecule has 0 fully saturated rings. The molecular weight excluding hydrogens is 354 g/mol. The van der Waals surface area contributed by atoms with Crippen molar-refractivity contribution < 1.29 is 4.74 Å². The average molecular weight is 388 g/mol. The molecule has 0 aliphatic heterocycles. The van der Waals surface area contributed by atoms with Crippen LogP contribution in [0.4, 0.5) is 0 Å². The maximum atomic E-state index is 6.60. The van der Waals surface area contributed by atoms with E-state index < -0.39 is 0 Å². The molecule has 2 rings (SSSR count). The van der Waals surface area contributed by atoms with Gasteiger partial charge in [-0.1, -0.05) is 62.7 Å². The highest BCUT2D eigenvalue weighted by atomic mass is 35.5. The molecule has 0 aliphatic carbocycles. The number of para-hydroxylation sites is 1. The van der Waals surface area contributed by atoms with Crippen LogP contribution in [-0.4, -0.2) is 32.1 Å². The Morgan fingerprint density at radius 3 is 2.41 bits per heavy atom. The van der Waals surface area contributed by atoms with Gasteiger partial charge in [0.05, 0.1) is 6.61 Å². The summed E-state index contributed by atoms with van der Waals surface area (Å²) in [4.78, 5) is 2.24. The Bertz CT molecular complexity index is 733. The highest BCUT2D eigenvalue weighted by molar-refractivity contribution is 6.31. The largest absolute Gasteiger partial charge is 0.494 e. The summed E-state index contributed by atoms with van der Waals surface area (Å²) in [5.74, 6) is 1.36. The van der Waals surface area contributed by atoms with E-state index >= 15 is 0 Å². The molecule has 0 saturated heterocycles. The van der Waals surface area contributed by atoms with Gasteiger partial charge in [-0.05, 0) is 80.6 Å². The molecule has 2 aromatic rings. The fraction of sp³-hybridized carbons (Fsp3) is 0.500. The first kappa shape index (κ1) is 21.8. The van der Waals surface area contributed by atoms with Crippen LogP contribution in [0.3, 0.4) is 0 Å². The number of ether oxygens (including phenoxy) is 1. The fourth-order valence-corrected chi connectivity index (χ4v) is 3.54. The number of hydrogen-bond acceptors (Lipinski definition) is 2. The van der Waals surface area contributed by atoms with Gasteiger partial charge in [0.1, 0.15) is 5.75 Å². The van der Waals surface area contributed by atoms with Gasteiger partial charge in [-0.2, -0.15) is 0 Å². The summed E-state index contributed by atoms with van der Waals surface area (Å²) in [5.41, 5.74) is 3.94. The molecule has 0 aliphatic rings. The predicted molar refractivity (Wildman–Crippen MR) is 117 cm³/mol. The Morgan fingerprint density at radius 2 is 1.78 bits per heavy atom. The van der Waals surface area contributed by atoms with E-state index in [0.717, 1.165) is 30.2 Å². The Kier molecular flexibility index (Phi) is 7.76. The summed E-state index contributed by atoms with van der Waals surface area (Å²) in [5, 5.41) is 0.853. The highest BCUT2D eigenvalue weighted by Gasteiger charge is 2.20.